The number of aryl methyl sites for hydroxylation is 1. The maximum Gasteiger partial charge on any atom is 0.143 e. The van der Waals surface area contributed by atoms with E-state index in [9.17, 15) is 8.78 Å². The standard InChI is InChI=1S/C13H13F2NS/c1-7-10-4-8(14)5-11(15)13(10)17-12(7)6-16-9-2-3-9/h4-5,9,16H,2-3,6H2,1H3. The van der Waals surface area contributed by atoms with Crippen molar-refractivity contribution < 1.29 is 8.78 Å². The van der Waals surface area contributed by atoms with Gasteiger partial charge in [0.05, 0.1) is 4.70 Å². The van der Waals surface area contributed by atoms with E-state index in [4.69, 9.17) is 0 Å². The number of thiophene rings is 1. The molecule has 1 aliphatic rings. The SMILES string of the molecule is Cc1c(CNC2CC2)sc2c(F)cc(F)cc12. The third-order valence-corrected chi connectivity index (χ3v) is 4.50. The maximum atomic E-state index is 13.6. The van der Waals surface area contributed by atoms with Crippen molar-refractivity contribution in [2.75, 3.05) is 0 Å². The molecule has 1 aliphatic carbocycles. The van der Waals surface area contributed by atoms with E-state index in [1.54, 1.807) is 0 Å². The second-order valence-corrected chi connectivity index (χ2v) is 5.67. The topological polar surface area (TPSA) is 12.0 Å². The maximum absolute atomic E-state index is 13.6. The minimum atomic E-state index is -0.502. The fraction of sp³-hybridized carbons (Fsp3) is 0.385. The van der Waals surface area contributed by atoms with Gasteiger partial charge in [-0.25, -0.2) is 8.78 Å². The van der Waals surface area contributed by atoms with E-state index in [0.29, 0.717) is 16.1 Å². The van der Waals surface area contributed by atoms with Gasteiger partial charge < -0.3 is 5.32 Å². The number of nitrogens with one attached hydrogen (secondary N) is 1. The molecule has 4 heteroatoms. The lowest BCUT2D eigenvalue weighted by atomic mass is 10.1. The van der Waals surface area contributed by atoms with Crippen LogP contribution in [0.1, 0.15) is 23.3 Å². The van der Waals surface area contributed by atoms with Crippen molar-refractivity contribution in [1.82, 2.24) is 5.32 Å². The summed E-state index contributed by atoms with van der Waals surface area (Å²) < 4.78 is 27.3. The molecule has 1 N–H and O–H groups in total. The number of fused-ring (bicyclic) bond motifs is 1. The highest BCUT2D eigenvalue weighted by Gasteiger charge is 2.21. The first-order chi connectivity index (χ1) is 8.15. The molecule has 0 bridgehead atoms. The number of hydrogen-bond donors (Lipinski definition) is 1. The summed E-state index contributed by atoms with van der Waals surface area (Å²) in [5.74, 6) is -0.955. The first kappa shape index (κ1) is 11.1. The molecule has 1 aromatic heterocycles. The molecule has 2 aromatic rings. The molecule has 0 aliphatic heterocycles. The van der Waals surface area contributed by atoms with E-state index in [1.807, 2.05) is 6.92 Å². The molecule has 1 aromatic carbocycles. The summed E-state index contributed by atoms with van der Waals surface area (Å²) in [5, 5.41) is 4.11. The molecule has 0 radical (unpaired) electrons. The average molecular weight is 253 g/mol. The molecule has 1 heterocycles. The van der Waals surface area contributed by atoms with E-state index >= 15 is 0 Å². The molecule has 0 unspecified atom stereocenters. The summed E-state index contributed by atoms with van der Waals surface area (Å²) in [6, 6.07) is 3.00. The highest BCUT2D eigenvalue weighted by molar-refractivity contribution is 7.19. The zero-order valence-corrected chi connectivity index (χ0v) is 10.3. The largest absolute Gasteiger partial charge is 0.309 e. The van der Waals surface area contributed by atoms with Gasteiger partial charge in [0.25, 0.3) is 0 Å². The molecule has 17 heavy (non-hydrogen) atoms. The number of rotatable bonds is 3. The zero-order chi connectivity index (χ0) is 12.0. The van der Waals surface area contributed by atoms with Crippen LogP contribution in [-0.2, 0) is 6.54 Å². The fourth-order valence-electron chi connectivity index (χ4n) is 1.99. The minimum Gasteiger partial charge on any atom is -0.309 e. The molecule has 1 fully saturated rings. The molecular weight excluding hydrogens is 240 g/mol. The Morgan fingerprint density at radius 2 is 2.12 bits per heavy atom. The van der Waals surface area contributed by atoms with Crippen LogP contribution in [-0.4, -0.2) is 6.04 Å². The van der Waals surface area contributed by atoms with Crippen molar-refractivity contribution in [3.8, 4) is 0 Å². The van der Waals surface area contributed by atoms with Crippen LogP contribution in [0.15, 0.2) is 12.1 Å². The normalized spacial score (nSPS) is 15.7. The Balaban J connectivity index is 2.01. The van der Waals surface area contributed by atoms with Crippen molar-refractivity contribution in [2.24, 2.45) is 0 Å². The highest BCUT2D eigenvalue weighted by Crippen LogP contribution is 2.33. The molecule has 0 amide bonds. The molecule has 0 atom stereocenters. The predicted octanol–water partition coefficient (Wildman–Crippen LogP) is 3.74. The molecule has 1 saturated carbocycles. The quantitative estimate of drug-likeness (QED) is 0.878. The minimum absolute atomic E-state index is 0.453. The fourth-order valence-corrected chi connectivity index (χ4v) is 3.13. The average Bonchev–Trinajstić information content (AvgIpc) is 3.04. The lowest BCUT2D eigenvalue weighted by Gasteiger charge is -2.00. The molecule has 1 nitrogen and oxygen atoms in total. The predicted molar refractivity (Wildman–Crippen MR) is 66.3 cm³/mol. The molecule has 0 saturated heterocycles. The van der Waals surface area contributed by atoms with Crippen LogP contribution in [0.4, 0.5) is 8.78 Å². The van der Waals surface area contributed by atoms with E-state index in [1.165, 1.54) is 30.2 Å². The lowest BCUT2D eigenvalue weighted by molar-refractivity contribution is 0.593. The molecule has 3 rings (SSSR count). The van der Waals surface area contributed by atoms with Crippen molar-refractivity contribution >= 4 is 21.4 Å². The number of hydrogen-bond acceptors (Lipinski definition) is 2. The van der Waals surface area contributed by atoms with Crippen LogP contribution in [0.5, 0.6) is 0 Å². The van der Waals surface area contributed by atoms with Crippen LogP contribution in [0.3, 0.4) is 0 Å². The van der Waals surface area contributed by atoms with Crippen LogP contribution >= 0.6 is 11.3 Å². The summed E-state index contributed by atoms with van der Waals surface area (Å²) in [4.78, 5) is 1.11. The summed E-state index contributed by atoms with van der Waals surface area (Å²) in [5.41, 5.74) is 0.997. The number of benzene rings is 1. The number of halogens is 2. The van der Waals surface area contributed by atoms with E-state index < -0.39 is 11.6 Å². The summed E-state index contributed by atoms with van der Waals surface area (Å²) in [6.45, 7) is 2.69. The van der Waals surface area contributed by atoms with Gasteiger partial charge in [0.15, 0.2) is 0 Å². The Kier molecular flexibility index (Phi) is 2.64. The second-order valence-electron chi connectivity index (χ2n) is 4.57. The first-order valence-electron chi connectivity index (χ1n) is 5.75. The third kappa shape index (κ3) is 2.07. The third-order valence-electron chi connectivity index (χ3n) is 3.18. The van der Waals surface area contributed by atoms with Gasteiger partial charge in [0, 0.05) is 28.9 Å². The van der Waals surface area contributed by atoms with Crippen LogP contribution in [0, 0.1) is 18.6 Å². The van der Waals surface area contributed by atoms with Gasteiger partial charge in [0.2, 0.25) is 0 Å². The Morgan fingerprint density at radius 3 is 2.82 bits per heavy atom. The van der Waals surface area contributed by atoms with Gasteiger partial charge >= 0.3 is 0 Å². The Morgan fingerprint density at radius 1 is 1.35 bits per heavy atom. The first-order valence-corrected chi connectivity index (χ1v) is 6.57. The summed E-state index contributed by atoms with van der Waals surface area (Å²) >= 11 is 1.42. The Labute approximate surface area is 102 Å². The van der Waals surface area contributed by atoms with Crippen molar-refractivity contribution in [3.63, 3.8) is 0 Å². The lowest BCUT2D eigenvalue weighted by Crippen LogP contribution is -2.14. The van der Waals surface area contributed by atoms with Crippen molar-refractivity contribution in [2.45, 2.75) is 32.4 Å². The van der Waals surface area contributed by atoms with Crippen LogP contribution < -0.4 is 5.32 Å². The van der Waals surface area contributed by atoms with Gasteiger partial charge in [-0.2, -0.15) is 0 Å². The van der Waals surface area contributed by atoms with Gasteiger partial charge in [0.1, 0.15) is 11.6 Å². The van der Waals surface area contributed by atoms with Gasteiger partial charge in [-0.15, -0.1) is 11.3 Å². The van der Waals surface area contributed by atoms with E-state index in [-0.39, 0.29) is 0 Å². The zero-order valence-electron chi connectivity index (χ0n) is 9.52. The van der Waals surface area contributed by atoms with Gasteiger partial charge in [-0.3, -0.25) is 0 Å². The van der Waals surface area contributed by atoms with E-state index in [0.717, 1.165) is 23.1 Å². The molecular formula is C13H13F2NS. The molecule has 90 valence electrons. The van der Waals surface area contributed by atoms with Crippen LogP contribution in [0.25, 0.3) is 10.1 Å². The van der Waals surface area contributed by atoms with Gasteiger partial charge in [-0.1, -0.05) is 0 Å². The van der Waals surface area contributed by atoms with Crippen LogP contribution in [0.2, 0.25) is 0 Å². The summed E-state index contributed by atoms with van der Waals surface area (Å²) in [6.07, 6.45) is 2.46. The van der Waals surface area contributed by atoms with Crippen molar-refractivity contribution in [3.05, 3.63) is 34.2 Å². The Hall–Kier alpha value is -1.00. The Bertz CT molecular complexity index is 572. The smallest absolute Gasteiger partial charge is 0.143 e. The summed E-state index contributed by atoms with van der Waals surface area (Å²) in [7, 11) is 0. The van der Waals surface area contributed by atoms with E-state index in [2.05, 4.69) is 5.32 Å². The highest BCUT2D eigenvalue weighted by atomic mass is 32.1. The van der Waals surface area contributed by atoms with Gasteiger partial charge in [-0.05, 0) is 31.4 Å². The van der Waals surface area contributed by atoms with Crippen molar-refractivity contribution in [1.29, 1.82) is 0 Å². The monoisotopic (exact) mass is 253 g/mol. The molecule has 0 spiro atoms. The second kappa shape index (κ2) is 4.03.